The van der Waals surface area contributed by atoms with E-state index < -0.39 is 42.4 Å². The van der Waals surface area contributed by atoms with Crippen molar-refractivity contribution in [1.29, 1.82) is 5.41 Å². The molecule has 11 nitrogen and oxygen atoms in total. The lowest BCUT2D eigenvalue weighted by atomic mass is 9.99. The van der Waals surface area contributed by atoms with E-state index in [0.717, 1.165) is 22.0 Å². The predicted octanol–water partition coefficient (Wildman–Crippen LogP) is 1.56. The number of nitrogens with one attached hydrogen (secondary N) is 2. The Balaban J connectivity index is 2.38. The summed E-state index contributed by atoms with van der Waals surface area (Å²) >= 11 is 0. The molecule has 13 heteroatoms. The number of sulfonamides is 2. The van der Waals surface area contributed by atoms with Crippen LogP contribution in [0.15, 0.2) is 41.3 Å². The van der Waals surface area contributed by atoms with E-state index in [1.165, 1.54) is 6.07 Å². The van der Waals surface area contributed by atoms with Crippen molar-refractivity contribution in [2.45, 2.75) is 38.0 Å². The Hall–Kier alpha value is -3.16. The van der Waals surface area contributed by atoms with Crippen molar-refractivity contribution in [3.63, 3.8) is 0 Å². The quantitative estimate of drug-likeness (QED) is 0.203. The van der Waals surface area contributed by atoms with E-state index in [-0.39, 0.29) is 42.5 Å². The van der Waals surface area contributed by atoms with Crippen LogP contribution in [0, 0.1) is 5.41 Å². The number of phenolic OH excluding ortho intramolecular Hbond substituents is 1. The Morgan fingerprint density at radius 3 is 2.34 bits per heavy atom. The highest BCUT2D eigenvalue weighted by atomic mass is 32.2. The summed E-state index contributed by atoms with van der Waals surface area (Å²) in [5.74, 6) is -3.37. The number of aliphatic carboxylic acids is 1. The lowest BCUT2D eigenvalue weighted by Crippen LogP contribution is -2.36. The molecule has 2 aromatic rings. The van der Waals surface area contributed by atoms with Gasteiger partial charge in [-0.1, -0.05) is 26.0 Å². The number of anilines is 1. The van der Waals surface area contributed by atoms with Crippen LogP contribution in [0.25, 0.3) is 0 Å². The molecule has 35 heavy (non-hydrogen) atoms. The molecule has 0 amide bonds. The van der Waals surface area contributed by atoms with Crippen LogP contribution >= 0.6 is 0 Å². The summed E-state index contributed by atoms with van der Waals surface area (Å²) in [6.45, 7) is 5.28. The Morgan fingerprint density at radius 2 is 1.80 bits per heavy atom. The molecule has 0 aliphatic rings. The Bertz CT molecular complexity index is 1320. The Kier molecular flexibility index (Phi) is 8.87. The van der Waals surface area contributed by atoms with Gasteiger partial charge in [-0.3, -0.25) is 14.5 Å². The monoisotopic (exact) mass is 526 g/mol. The molecule has 6 N–H and O–H groups in total. The number of phenols is 1. The van der Waals surface area contributed by atoms with Crippen molar-refractivity contribution in [2.24, 2.45) is 5.73 Å². The van der Waals surface area contributed by atoms with Crippen LogP contribution in [0.1, 0.15) is 43.4 Å². The number of rotatable bonds is 12. The van der Waals surface area contributed by atoms with Gasteiger partial charge in [0.05, 0.1) is 5.69 Å². The third-order valence-corrected chi connectivity index (χ3v) is 8.45. The summed E-state index contributed by atoms with van der Waals surface area (Å²) in [6, 6.07) is 8.68. The first-order chi connectivity index (χ1) is 16.2. The third kappa shape index (κ3) is 6.93. The fourth-order valence-electron chi connectivity index (χ4n) is 3.43. The third-order valence-electron chi connectivity index (χ3n) is 5.22. The van der Waals surface area contributed by atoms with Crippen molar-refractivity contribution in [3.8, 4) is 5.75 Å². The van der Waals surface area contributed by atoms with Gasteiger partial charge in [0, 0.05) is 18.7 Å². The fraction of sp³-hybridized carbons (Fsp3) is 0.364. The number of benzene rings is 2. The van der Waals surface area contributed by atoms with Crippen molar-refractivity contribution < 1.29 is 31.8 Å². The number of carbonyl (C=O) groups is 1. The van der Waals surface area contributed by atoms with Crippen LogP contribution in [-0.2, 0) is 31.3 Å². The molecular weight excluding hydrogens is 496 g/mol. The highest BCUT2D eigenvalue weighted by Crippen LogP contribution is 2.29. The maximum Gasteiger partial charge on any atom is 0.320 e. The highest BCUT2D eigenvalue weighted by Gasteiger charge is 2.27. The first-order valence-corrected chi connectivity index (χ1v) is 13.8. The van der Waals surface area contributed by atoms with E-state index in [1.54, 1.807) is 25.1 Å². The molecule has 0 aromatic heterocycles. The van der Waals surface area contributed by atoms with E-state index in [1.807, 2.05) is 13.8 Å². The summed E-state index contributed by atoms with van der Waals surface area (Å²) in [5, 5.41) is 26.5. The molecule has 0 atom stereocenters. The van der Waals surface area contributed by atoms with Gasteiger partial charge in [-0.25, -0.2) is 21.6 Å². The Morgan fingerprint density at radius 1 is 1.14 bits per heavy atom. The van der Waals surface area contributed by atoms with Crippen LogP contribution in [0.3, 0.4) is 0 Å². The smallest absolute Gasteiger partial charge is 0.320 e. The maximum absolute atomic E-state index is 12.8. The summed E-state index contributed by atoms with van der Waals surface area (Å²) in [7, 11) is -8.36. The van der Waals surface area contributed by atoms with Gasteiger partial charge in [0.15, 0.2) is 5.75 Å². The van der Waals surface area contributed by atoms with Crippen LogP contribution < -0.4 is 14.8 Å². The molecule has 0 aliphatic heterocycles. The molecule has 0 saturated carbocycles. The first-order valence-electron chi connectivity index (χ1n) is 10.7. The maximum atomic E-state index is 12.8. The summed E-state index contributed by atoms with van der Waals surface area (Å²) in [4.78, 5) is 10.7. The average Bonchev–Trinajstić information content (AvgIpc) is 2.73. The van der Waals surface area contributed by atoms with Crippen LogP contribution in [0.2, 0.25) is 0 Å². The van der Waals surface area contributed by atoms with Gasteiger partial charge in [0.25, 0.3) is 0 Å². The zero-order valence-corrected chi connectivity index (χ0v) is 21.3. The minimum absolute atomic E-state index is 0.0123. The first kappa shape index (κ1) is 28.1. The number of amidine groups is 1. The average molecular weight is 527 g/mol. The molecule has 0 heterocycles. The molecule has 0 spiro atoms. The molecule has 2 rings (SSSR count). The van der Waals surface area contributed by atoms with Crippen molar-refractivity contribution in [1.82, 2.24) is 4.72 Å². The topological polar surface area (TPSA) is 191 Å². The van der Waals surface area contributed by atoms with E-state index in [9.17, 15) is 26.7 Å². The second kappa shape index (κ2) is 11.1. The normalized spacial score (nSPS) is 12.0. The van der Waals surface area contributed by atoms with Gasteiger partial charge in [0.1, 0.15) is 16.5 Å². The molecule has 0 saturated heterocycles. The Labute approximate surface area is 205 Å². The number of nitrogen functional groups attached to an aromatic ring is 1. The number of nitrogens with two attached hydrogens (primary N) is 1. The van der Waals surface area contributed by atoms with Crippen molar-refractivity contribution in [3.05, 3.63) is 53.1 Å². The lowest BCUT2D eigenvalue weighted by molar-refractivity contribution is -0.134. The van der Waals surface area contributed by atoms with E-state index in [2.05, 4.69) is 4.72 Å². The molecular formula is C22H30N4O7S2. The van der Waals surface area contributed by atoms with Gasteiger partial charge >= 0.3 is 5.97 Å². The van der Waals surface area contributed by atoms with Gasteiger partial charge in [-0.05, 0) is 54.7 Å². The van der Waals surface area contributed by atoms with Crippen molar-refractivity contribution >= 4 is 37.5 Å². The molecule has 2 aromatic carbocycles. The predicted molar refractivity (Wildman–Crippen MR) is 133 cm³/mol. The summed E-state index contributed by atoms with van der Waals surface area (Å²) < 4.78 is 54.4. The van der Waals surface area contributed by atoms with Crippen molar-refractivity contribution in [2.75, 3.05) is 23.1 Å². The van der Waals surface area contributed by atoms with Gasteiger partial charge < -0.3 is 15.9 Å². The number of aromatic hydroxyl groups is 1. The zero-order chi connectivity index (χ0) is 26.6. The van der Waals surface area contributed by atoms with E-state index in [0.29, 0.717) is 5.56 Å². The number of hydrogen-bond donors (Lipinski definition) is 5. The van der Waals surface area contributed by atoms with Crippen LogP contribution in [0.5, 0.6) is 5.75 Å². The minimum atomic E-state index is -4.18. The number of carboxylic acids is 1. The zero-order valence-electron chi connectivity index (χ0n) is 19.6. The molecule has 0 radical (unpaired) electrons. The van der Waals surface area contributed by atoms with Gasteiger partial charge in [-0.15, -0.1) is 0 Å². The van der Waals surface area contributed by atoms with Gasteiger partial charge in [0.2, 0.25) is 20.0 Å². The van der Waals surface area contributed by atoms with Gasteiger partial charge in [-0.2, -0.15) is 0 Å². The molecule has 192 valence electrons. The number of carboxylic acid groups (broad SMARTS) is 1. The summed E-state index contributed by atoms with van der Waals surface area (Å²) in [5.41, 5.74) is 7.13. The second-order valence-electron chi connectivity index (χ2n) is 8.10. The minimum Gasteiger partial charge on any atom is -0.507 e. The number of nitrogens with zero attached hydrogens (tertiary/aromatic N) is 1. The number of hydrogen-bond acceptors (Lipinski definition) is 7. The highest BCUT2D eigenvalue weighted by molar-refractivity contribution is 7.93. The fourth-order valence-corrected chi connectivity index (χ4v) is 5.91. The van der Waals surface area contributed by atoms with Crippen LogP contribution in [0.4, 0.5) is 5.69 Å². The SMILES string of the molecule is CCN(c1cc(C(C)C)ccc1CCNS(=O)(=O)c1cc(C(=N)N)ccc1O)S(=O)(=O)CC(=O)O. The largest absolute Gasteiger partial charge is 0.507 e. The molecule has 0 fully saturated rings. The lowest BCUT2D eigenvalue weighted by Gasteiger charge is -2.26. The summed E-state index contributed by atoms with van der Waals surface area (Å²) in [6.07, 6.45) is 0.0825. The molecule has 0 unspecified atom stereocenters. The molecule has 0 aliphatic carbocycles. The van der Waals surface area contributed by atoms with E-state index in [4.69, 9.17) is 16.2 Å². The van der Waals surface area contributed by atoms with E-state index >= 15 is 0 Å². The standard InChI is InChI=1S/C22H30N4O7S2/c1-4-26(34(30,31)13-21(28)29)18-11-16(14(2)3)6-5-15(18)9-10-25-35(32,33)20-12-17(22(23)24)7-8-19(20)27/h5-8,11-12,14,25,27H,4,9-10,13H2,1-3H3,(H3,23,24)(H,28,29). The second-order valence-corrected chi connectivity index (χ2v) is 11.7. The molecule has 0 bridgehead atoms. The van der Waals surface area contributed by atoms with Crippen LogP contribution in [-0.4, -0.2) is 57.7 Å².